The number of ether oxygens (including phenoxy) is 1. The van der Waals surface area contributed by atoms with Gasteiger partial charge in [0.1, 0.15) is 6.04 Å². The first-order chi connectivity index (χ1) is 9.90. The zero-order valence-electron chi connectivity index (χ0n) is 12.8. The maximum atomic E-state index is 11.3. The Balaban J connectivity index is 3.98. The van der Waals surface area contributed by atoms with Crippen LogP contribution in [0.15, 0.2) is 0 Å². The molecule has 0 aromatic carbocycles. The number of esters is 1. The van der Waals surface area contributed by atoms with E-state index in [1.165, 1.54) is 0 Å². The molecule has 1 radical (unpaired) electrons. The monoisotopic (exact) mass is 305 g/mol. The predicted molar refractivity (Wildman–Crippen MR) is 79.4 cm³/mol. The smallest absolute Gasteiger partial charge is 0.322 e. The highest BCUT2D eigenvalue weighted by molar-refractivity contribution is 5.75. The van der Waals surface area contributed by atoms with E-state index in [9.17, 15) is 15.0 Å². The van der Waals surface area contributed by atoms with Crippen LogP contribution in [0.4, 0.5) is 0 Å². The minimum atomic E-state index is -0.842. The number of carbonyl (C=O) groups is 1. The third-order valence-electron chi connectivity index (χ3n) is 2.98. The van der Waals surface area contributed by atoms with Crippen molar-refractivity contribution in [2.24, 2.45) is 5.73 Å². The summed E-state index contributed by atoms with van der Waals surface area (Å²) < 4.78 is 4.83. The molecule has 3 atom stereocenters. The first-order valence-electron chi connectivity index (χ1n) is 7.35. The van der Waals surface area contributed by atoms with Crippen molar-refractivity contribution in [2.45, 2.75) is 44.4 Å². The number of nitrogens with zero attached hydrogens (tertiary/aromatic N) is 1. The van der Waals surface area contributed by atoms with E-state index in [1.807, 2.05) is 4.90 Å². The molecule has 0 saturated carbocycles. The summed E-state index contributed by atoms with van der Waals surface area (Å²) >= 11 is 0. The standard InChI is InChI=1S/C14H29N2O5/c1-3-21-14(20)13(15)6-4-5-7-16(8-11(2)18)9-12(19)10-17/h11-13,17-19H,2-10,15H2,1H3. The molecule has 7 nitrogen and oxygen atoms in total. The van der Waals surface area contributed by atoms with Crippen LogP contribution < -0.4 is 5.73 Å². The highest BCUT2D eigenvalue weighted by atomic mass is 16.5. The number of carbonyl (C=O) groups excluding carboxylic acids is 1. The van der Waals surface area contributed by atoms with Gasteiger partial charge in [0.05, 0.1) is 25.4 Å². The summed E-state index contributed by atoms with van der Waals surface area (Å²) in [6.07, 6.45) is 0.433. The molecule has 0 amide bonds. The molecular weight excluding hydrogens is 276 g/mol. The van der Waals surface area contributed by atoms with Gasteiger partial charge in [-0.15, -0.1) is 0 Å². The Labute approximate surface area is 126 Å². The number of hydrogen-bond donors (Lipinski definition) is 4. The molecule has 7 heteroatoms. The lowest BCUT2D eigenvalue weighted by Crippen LogP contribution is -2.39. The van der Waals surface area contributed by atoms with E-state index in [0.29, 0.717) is 26.1 Å². The summed E-state index contributed by atoms with van der Waals surface area (Å²) in [5, 5.41) is 27.6. The van der Waals surface area contributed by atoms with Gasteiger partial charge in [-0.1, -0.05) is 6.42 Å². The van der Waals surface area contributed by atoms with E-state index in [-0.39, 0.29) is 13.2 Å². The average Bonchev–Trinajstić information content (AvgIpc) is 2.42. The molecule has 0 bridgehead atoms. The average molecular weight is 305 g/mol. The molecule has 5 N–H and O–H groups in total. The molecule has 0 saturated heterocycles. The van der Waals surface area contributed by atoms with Gasteiger partial charge in [-0.25, -0.2) is 0 Å². The van der Waals surface area contributed by atoms with Crippen molar-refractivity contribution in [3.05, 3.63) is 6.92 Å². The molecule has 0 aliphatic rings. The van der Waals surface area contributed by atoms with E-state index in [4.69, 9.17) is 15.6 Å². The first kappa shape index (κ1) is 20.3. The summed E-state index contributed by atoms with van der Waals surface area (Å²) in [5.74, 6) is -0.391. The Hall–Kier alpha value is -0.730. The third-order valence-corrected chi connectivity index (χ3v) is 2.98. The van der Waals surface area contributed by atoms with Gasteiger partial charge in [-0.05, 0) is 33.2 Å². The lowest BCUT2D eigenvalue weighted by atomic mass is 10.1. The van der Waals surface area contributed by atoms with Crippen LogP contribution in [-0.4, -0.2) is 77.3 Å². The molecule has 3 unspecified atom stereocenters. The predicted octanol–water partition coefficient (Wildman–Crippen LogP) is -1.10. The Morgan fingerprint density at radius 1 is 1.33 bits per heavy atom. The number of rotatable bonds is 12. The Kier molecular flexibility index (Phi) is 11.5. The first-order valence-corrected chi connectivity index (χ1v) is 7.35. The second kappa shape index (κ2) is 11.9. The lowest BCUT2D eigenvalue weighted by molar-refractivity contribution is -0.144. The van der Waals surface area contributed by atoms with Crippen molar-refractivity contribution in [1.29, 1.82) is 0 Å². The van der Waals surface area contributed by atoms with Crippen LogP contribution in [0.1, 0.15) is 26.2 Å². The van der Waals surface area contributed by atoms with Gasteiger partial charge < -0.3 is 25.8 Å². The van der Waals surface area contributed by atoms with Gasteiger partial charge in [-0.2, -0.15) is 0 Å². The molecule has 0 aliphatic heterocycles. The van der Waals surface area contributed by atoms with Crippen LogP contribution in [0.5, 0.6) is 0 Å². The number of aliphatic hydroxyl groups is 3. The van der Waals surface area contributed by atoms with Gasteiger partial charge in [0.15, 0.2) is 0 Å². The van der Waals surface area contributed by atoms with E-state index in [2.05, 4.69) is 6.92 Å². The summed E-state index contributed by atoms with van der Waals surface area (Å²) in [4.78, 5) is 13.2. The zero-order valence-corrected chi connectivity index (χ0v) is 12.8. The van der Waals surface area contributed by atoms with Crippen molar-refractivity contribution in [3.63, 3.8) is 0 Å². The normalized spacial score (nSPS) is 15.8. The SMILES string of the molecule is [CH2]C(O)CN(CCCCC(N)C(=O)OCC)CC(O)CO. The summed E-state index contributed by atoms with van der Waals surface area (Å²) in [6, 6.07) is -0.611. The van der Waals surface area contributed by atoms with Crippen LogP contribution in [-0.2, 0) is 9.53 Å². The fourth-order valence-corrected chi connectivity index (χ4v) is 1.98. The minimum Gasteiger partial charge on any atom is -0.465 e. The molecule has 21 heavy (non-hydrogen) atoms. The maximum absolute atomic E-state index is 11.3. The quantitative estimate of drug-likeness (QED) is 0.267. The fraction of sp³-hybridized carbons (Fsp3) is 0.857. The van der Waals surface area contributed by atoms with Crippen LogP contribution in [0.3, 0.4) is 0 Å². The van der Waals surface area contributed by atoms with Crippen molar-refractivity contribution < 1.29 is 24.9 Å². The number of aliphatic hydroxyl groups excluding tert-OH is 3. The Morgan fingerprint density at radius 2 is 2.00 bits per heavy atom. The van der Waals surface area contributed by atoms with Crippen LogP contribution in [0, 0.1) is 6.92 Å². The number of unbranched alkanes of at least 4 members (excludes halogenated alkanes) is 1. The van der Waals surface area contributed by atoms with Gasteiger partial charge in [0.25, 0.3) is 0 Å². The largest absolute Gasteiger partial charge is 0.465 e. The van der Waals surface area contributed by atoms with Crippen LogP contribution in [0.2, 0.25) is 0 Å². The second-order valence-electron chi connectivity index (χ2n) is 5.10. The van der Waals surface area contributed by atoms with Gasteiger partial charge >= 0.3 is 5.97 Å². The molecule has 0 aliphatic carbocycles. The minimum absolute atomic E-state index is 0.271. The number of nitrogens with two attached hydrogens (primary N) is 1. The summed E-state index contributed by atoms with van der Waals surface area (Å²) in [5.41, 5.74) is 5.69. The fourth-order valence-electron chi connectivity index (χ4n) is 1.98. The summed E-state index contributed by atoms with van der Waals surface area (Å²) in [7, 11) is 0. The van der Waals surface area contributed by atoms with E-state index in [0.717, 1.165) is 12.8 Å². The number of hydrogen-bond acceptors (Lipinski definition) is 7. The Bertz CT molecular complexity index is 276. The highest BCUT2D eigenvalue weighted by Gasteiger charge is 2.15. The van der Waals surface area contributed by atoms with Gasteiger partial charge in [0.2, 0.25) is 0 Å². The van der Waals surface area contributed by atoms with Crippen LogP contribution in [0.25, 0.3) is 0 Å². The molecule has 0 heterocycles. The second-order valence-corrected chi connectivity index (χ2v) is 5.10. The molecule has 0 spiro atoms. The molecule has 0 aromatic rings. The van der Waals surface area contributed by atoms with E-state index in [1.54, 1.807) is 6.92 Å². The molecule has 0 fully saturated rings. The Morgan fingerprint density at radius 3 is 2.52 bits per heavy atom. The third kappa shape index (κ3) is 10.6. The van der Waals surface area contributed by atoms with Crippen molar-refractivity contribution in [1.82, 2.24) is 4.90 Å². The van der Waals surface area contributed by atoms with Crippen molar-refractivity contribution >= 4 is 5.97 Å². The van der Waals surface area contributed by atoms with E-state index >= 15 is 0 Å². The van der Waals surface area contributed by atoms with Crippen molar-refractivity contribution in [2.75, 3.05) is 32.8 Å². The van der Waals surface area contributed by atoms with Crippen LogP contribution >= 0.6 is 0 Å². The topological polar surface area (TPSA) is 116 Å². The molecule has 0 rings (SSSR count). The van der Waals surface area contributed by atoms with Gasteiger partial charge in [0, 0.05) is 13.1 Å². The lowest BCUT2D eigenvalue weighted by Gasteiger charge is -2.25. The molecule has 125 valence electrons. The van der Waals surface area contributed by atoms with Gasteiger partial charge in [-0.3, -0.25) is 9.69 Å². The van der Waals surface area contributed by atoms with E-state index < -0.39 is 24.2 Å². The highest BCUT2D eigenvalue weighted by Crippen LogP contribution is 2.04. The zero-order chi connectivity index (χ0) is 16.3. The molecule has 0 aromatic heterocycles. The van der Waals surface area contributed by atoms with Crippen molar-refractivity contribution in [3.8, 4) is 0 Å². The molecular formula is C14H29N2O5. The summed E-state index contributed by atoms with van der Waals surface area (Å²) in [6.45, 7) is 6.45. The maximum Gasteiger partial charge on any atom is 0.322 e.